The first-order chi connectivity index (χ1) is 18.2. The van der Waals surface area contributed by atoms with Gasteiger partial charge in [0, 0.05) is 28.9 Å². The molecule has 188 valence electrons. The molecular weight excluding hydrogens is 460 g/mol. The van der Waals surface area contributed by atoms with Crippen molar-refractivity contribution < 1.29 is 9.53 Å². The van der Waals surface area contributed by atoms with Crippen molar-refractivity contribution >= 4 is 11.5 Å². The summed E-state index contributed by atoms with van der Waals surface area (Å²) in [5.74, 6) is 0.0313. The fourth-order valence-corrected chi connectivity index (χ4v) is 4.70. The second-order valence-electron chi connectivity index (χ2n) is 9.32. The molecule has 2 aliphatic carbocycles. The predicted molar refractivity (Wildman–Crippen MR) is 147 cm³/mol. The maximum Gasteiger partial charge on any atom is 0.224 e. The first-order valence-electron chi connectivity index (χ1n) is 12.9. The standard InChI is InChI=1S/C31H32N4O2/c1-22-7-4-13-29(33-22)31-27(21-32-35-31)25-10-5-11-26-24(15-16-25)9-2-3-12-28(26)34-30(36)17-14-23-8-6-19-37-20-18-23/h3-5,7-13,15-16,21H,2,6,14,17-20H2,1H3,(H,32,35)(H,34,36)/b11-5+,16-15?,25-10?. The van der Waals surface area contributed by atoms with Gasteiger partial charge in [-0.05, 0) is 62.0 Å². The van der Waals surface area contributed by atoms with E-state index in [4.69, 9.17) is 4.74 Å². The summed E-state index contributed by atoms with van der Waals surface area (Å²) in [7, 11) is 0. The van der Waals surface area contributed by atoms with E-state index in [9.17, 15) is 4.79 Å². The quantitative estimate of drug-likeness (QED) is 0.480. The molecule has 0 fully saturated rings. The van der Waals surface area contributed by atoms with E-state index in [1.165, 1.54) is 5.57 Å². The van der Waals surface area contributed by atoms with Gasteiger partial charge in [0.15, 0.2) is 0 Å². The summed E-state index contributed by atoms with van der Waals surface area (Å²) < 4.78 is 5.51. The van der Waals surface area contributed by atoms with E-state index in [1.807, 2.05) is 43.5 Å². The van der Waals surface area contributed by atoms with Crippen LogP contribution in [-0.2, 0) is 9.53 Å². The Balaban J connectivity index is 1.36. The second-order valence-corrected chi connectivity index (χ2v) is 9.32. The van der Waals surface area contributed by atoms with Crippen molar-refractivity contribution in [2.75, 3.05) is 13.2 Å². The Morgan fingerprint density at radius 3 is 2.95 bits per heavy atom. The SMILES string of the molecule is Cc1cccc(-c2[nH]ncc2C2=C/C=C/C3=C(NC(=O)CCC4=CCCOCC4)C=CCC=C3C=C2)n1. The number of nitrogens with one attached hydrogen (secondary N) is 2. The molecular formula is C31H32N4O2. The van der Waals surface area contributed by atoms with Crippen LogP contribution in [0.25, 0.3) is 17.0 Å². The Morgan fingerprint density at radius 2 is 2.03 bits per heavy atom. The molecule has 0 aromatic carbocycles. The number of aryl methyl sites for hydroxylation is 1. The highest BCUT2D eigenvalue weighted by molar-refractivity contribution is 5.85. The first kappa shape index (κ1) is 24.7. The van der Waals surface area contributed by atoms with E-state index in [1.54, 1.807) is 0 Å². The third-order valence-corrected chi connectivity index (χ3v) is 6.65. The van der Waals surface area contributed by atoms with Crippen LogP contribution >= 0.6 is 0 Å². The minimum Gasteiger partial charge on any atom is -0.381 e. The van der Waals surface area contributed by atoms with Crippen LogP contribution in [0, 0.1) is 6.92 Å². The van der Waals surface area contributed by atoms with Crippen LogP contribution in [0.15, 0.2) is 101 Å². The number of ether oxygens (including phenoxy) is 1. The molecule has 2 N–H and O–H groups in total. The van der Waals surface area contributed by atoms with Crippen molar-refractivity contribution in [1.29, 1.82) is 0 Å². The van der Waals surface area contributed by atoms with E-state index in [2.05, 4.69) is 63.0 Å². The van der Waals surface area contributed by atoms with Gasteiger partial charge in [0.05, 0.1) is 30.8 Å². The van der Waals surface area contributed by atoms with Gasteiger partial charge in [-0.15, -0.1) is 0 Å². The summed E-state index contributed by atoms with van der Waals surface area (Å²) in [4.78, 5) is 17.5. The number of amides is 1. The number of allylic oxidation sites excluding steroid dienone is 11. The topological polar surface area (TPSA) is 79.9 Å². The zero-order chi connectivity index (χ0) is 25.5. The largest absolute Gasteiger partial charge is 0.381 e. The molecule has 0 atom stereocenters. The van der Waals surface area contributed by atoms with Gasteiger partial charge in [-0.3, -0.25) is 14.9 Å². The molecule has 1 amide bonds. The fourth-order valence-electron chi connectivity index (χ4n) is 4.70. The number of carbonyl (C=O) groups is 1. The Morgan fingerprint density at radius 1 is 1.11 bits per heavy atom. The molecule has 0 radical (unpaired) electrons. The van der Waals surface area contributed by atoms with Crippen molar-refractivity contribution in [1.82, 2.24) is 20.5 Å². The van der Waals surface area contributed by atoms with Crippen molar-refractivity contribution in [3.8, 4) is 11.4 Å². The Bertz CT molecular complexity index is 1380. The Hall–Kier alpha value is -4.03. The van der Waals surface area contributed by atoms with E-state index in [0.717, 1.165) is 84.0 Å². The molecule has 1 aliphatic heterocycles. The van der Waals surface area contributed by atoms with Gasteiger partial charge in [0.25, 0.3) is 0 Å². The Labute approximate surface area is 217 Å². The fraction of sp³-hybridized carbons (Fsp3) is 0.258. The molecule has 6 heteroatoms. The molecule has 0 bridgehead atoms. The number of hydrogen-bond acceptors (Lipinski definition) is 4. The molecule has 0 saturated carbocycles. The second kappa shape index (κ2) is 11.8. The van der Waals surface area contributed by atoms with E-state index in [0.29, 0.717) is 6.42 Å². The molecule has 3 heterocycles. The van der Waals surface area contributed by atoms with Gasteiger partial charge in [0.1, 0.15) is 0 Å². The number of nitrogens with zero attached hydrogens (tertiary/aromatic N) is 2. The monoisotopic (exact) mass is 492 g/mol. The minimum atomic E-state index is 0.0313. The molecule has 37 heavy (non-hydrogen) atoms. The maximum atomic E-state index is 12.9. The summed E-state index contributed by atoms with van der Waals surface area (Å²) in [6.07, 6.45) is 24.6. The highest BCUT2D eigenvalue weighted by atomic mass is 16.5. The summed E-state index contributed by atoms with van der Waals surface area (Å²) in [6.45, 7) is 3.50. The summed E-state index contributed by atoms with van der Waals surface area (Å²) in [6, 6.07) is 5.97. The van der Waals surface area contributed by atoms with Crippen molar-refractivity contribution in [2.24, 2.45) is 0 Å². The normalized spacial score (nSPS) is 18.5. The number of H-pyrrole nitrogens is 1. The number of hydrogen-bond donors (Lipinski definition) is 2. The summed E-state index contributed by atoms with van der Waals surface area (Å²) >= 11 is 0. The summed E-state index contributed by atoms with van der Waals surface area (Å²) in [5.41, 5.74) is 8.96. The van der Waals surface area contributed by atoms with Crippen LogP contribution < -0.4 is 5.32 Å². The lowest BCUT2D eigenvalue weighted by molar-refractivity contribution is -0.120. The molecule has 0 spiro atoms. The van der Waals surface area contributed by atoms with E-state index >= 15 is 0 Å². The van der Waals surface area contributed by atoms with Gasteiger partial charge in [0.2, 0.25) is 5.91 Å². The minimum absolute atomic E-state index is 0.0313. The zero-order valence-corrected chi connectivity index (χ0v) is 21.2. The van der Waals surface area contributed by atoms with E-state index < -0.39 is 0 Å². The van der Waals surface area contributed by atoms with Crippen LogP contribution in [0.4, 0.5) is 0 Å². The van der Waals surface area contributed by atoms with Crippen LogP contribution in [0.5, 0.6) is 0 Å². The molecule has 6 nitrogen and oxygen atoms in total. The average Bonchev–Trinajstić information content (AvgIpc) is 3.11. The predicted octanol–water partition coefficient (Wildman–Crippen LogP) is 6.06. The number of rotatable bonds is 6. The molecule has 2 aromatic rings. The molecule has 3 aliphatic rings. The summed E-state index contributed by atoms with van der Waals surface area (Å²) in [5, 5.41) is 10.6. The number of aromatic amines is 1. The zero-order valence-electron chi connectivity index (χ0n) is 21.2. The number of fused-ring (bicyclic) bond motifs is 1. The number of carbonyl (C=O) groups excluding carboxylic acids is 1. The third kappa shape index (κ3) is 6.22. The number of pyridine rings is 1. The molecule has 2 aromatic heterocycles. The van der Waals surface area contributed by atoms with Crippen LogP contribution in [0.2, 0.25) is 0 Å². The molecule has 0 saturated heterocycles. The van der Waals surface area contributed by atoms with Crippen molar-refractivity contribution in [3.63, 3.8) is 0 Å². The highest BCUT2D eigenvalue weighted by Gasteiger charge is 2.16. The van der Waals surface area contributed by atoms with Crippen molar-refractivity contribution in [3.05, 3.63) is 113 Å². The van der Waals surface area contributed by atoms with Gasteiger partial charge >= 0.3 is 0 Å². The van der Waals surface area contributed by atoms with Crippen LogP contribution in [0.1, 0.15) is 43.4 Å². The maximum absolute atomic E-state index is 12.9. The Kier molecular flexibility index (Phi) is 7.87. The average molecular weight is 493 g/mol. The highest BCUT2D eigenvalue weighted by Crippen LogP contribution is 2.30. The lowest BCUT2D eigenvalue weighted by Gasteiger charge is -2.14. The van der Waals surface area contributed by atoms with Gasteiger partial charge in [-0.25, -0.2) is 0 Å². The first-order valence-corrected chi connectivity index (χ1v) is 12.9. The lowest BCUT2D eigenvalue weighted by atomic mass is 9.96. The smallest absolute Gasteiger partial charge is 0.224 e. The number of aromatic nitrogens is 3. The van der Waals surface area contributed by atoms with Crippen LogP contribution in [0.3, 0.4) is 0 Å². The third-order valence-electron chi connectivity index (χ3n) is 6.65. The van der Waals surface area contributed by atoms with Crippen LogP contribution in [-0.4, -0.2) is 34.3 Å². The van der Waals surface area contributed by atoms with E-state index in [-0.39, 0.29) is 5.91 Å². The molecule has 5 rings (SSSR count). The van der Waals surface area contributed by atoms with Gasteiger partial charge < -0.3 is 10.1 Å². The van der Waals surface area contributed by atoms with Gasteiger partial charge in [-0.2, -0.15) is 5.10 Å². The lowest BCUT2D eigenvalue weighted by Crippen LogP contribution is -2.23. The van der Waals surface area contributed by atoms with Gasteiger partial charge in [-0.1, -0.05) is 60.2 Å². The molecule has 0 unspecified atom stereocenters. The van der Waals surface area contributed by atoms with Crippen molar-refractivity contribution in [2.45, 2.75) is 39.0 Å².